The summed E-state index contributed by atoms with van der Waals surface area (Å²) in [5.74, 6) is -1.04. The zero-order chi connectivity index (χ0) is 19.4. The first-order valence-electron chi connectivity index (χ1n) is 8.99. The van der Waals surface area contributed by atoms with Crippen molar-refractivity contribution in [1.29, 1.82) is 0 Å². The maximum Gasteiger partial charge on any atom is 0.471 e. The van der Waals surface area contributed by atoms with E-state index < -0.39 is 12.1 Å². The van der Waals surface area contributed by atoms with E-state index in [0.717, 1.165) is 25.8 Å². The number of fused-ring (bicyclic) bond motifs is 1. The molecule has 1 aromatic heterocycles. The number of likely N-dealkylation sites (tertiary alicyclic amines) is 1. The second-order valence-corrected chi connectivity index (χ2v) is 8.02. The third-order valence-electron chi connectivity index (χ3n) is 5.78. The van der Waals surface area contributed by atoms with E-state index in [4.69, 9.17) is 0 Å². The molecule has 0 unspecified atom stereocenters. The highest BCUT2D eigenvalue weighted by Gasteiger charge is 2.50. The third kappa shape index (κ3) is 3.11. The molecule has 0 N–H and O–H groups in total. The van der Waals surface area contributed by atoms with Crippen LogP contribution in [-0.4, -0.2) is 33.5 Å². The number of hydrogen-bond acceptors (Lipinski definition) is 4. The maximum atomic E-state index is 13.0. The van der Waals surface area contributed by atoms with Gasteiger partial charge in [0.1, 0.15) is 0 Å². The van der Waals surface area contributed by atoms with Crippen LogP contribution in [-0.2, 0) is 6.18 Å². The quantitative estimate of drug-likeness (QED) is 0.776. The number of carbonyl (C=O) groups is 1. The predicted molar refractivity (Wildman–Crippen MR) is 90.7 cm³/mol. The molecule has 144 valence electrons. The zero-order valence-corrected chi connectivity index (χ0v) is 15.1. The average Bonchev–Trinajstić information content (AvgIpc) is 3.31. The lowest BCUT2D eigenvalue weighted by molar-refractivity contribution is -0.159. The van der Waals surface area contributed by atoms with Crippen molar-refractivity contribution in [2.45, 2.75) is 45.3 Å². The summed E-state index contributed by atoms with van der Waals surface area (Å²) in [6.07, 6.45) is -1.36. The Morgan fingerprint density at radius 3 is 2.56 bits per heavy atom. The number of aromatic nitrogens is 2. The smallest absolute Gasteiger partial charge is 0.335 e. The van der Waals surface area contributed by atoms with Crippen molar-refractivity contribution in [3.63, 3.8) is 0 Å². The Balaban J connectivity index is 1.54. The summed E-state index contributed by atoms with van der Waals surface area (Å²) in [4.78, 5) is 18.3. The largest absolute Gasteiger partial charge is 0.471 e. The van der Waals surface area contributed by atoms with E-state index in [2.05, 4.69) is 28.5 Å². The molecule has 0 radical (unpaired) electrons. The number of amides is 1. The Bertz CT molecular complexity index is 858. The van der Waals surface area contributed by atoms with Crippen molar-refractivity contribution in [2.75, 3.05) is 6.54 Å². The van der Waals surface area contributed by atoms with E-state index in [1.54, 1.807) is 24.3 Å². The number of benzene rings is 1. The lowest BCUT2D eigenvalue weighted by Gasteiger charge is -2.24. The summed E-state index contributed by atoms with van der Waals surface area (Å²) in [7, 11) is 0. The fourth-order valence-electron chi connectivity index (χ4n) is 4.50. The minimum Gasteiger partial charge on any atom is -0.335 e. The molecule has 2 heterocycles. The summed E-state index contributed by atoms with van der Waals surface area (Å²) in [6, 6.07) is 6.59. The molecule has 8 heteroatoms. The van der Waals surface area contributed by atoms with E-state index in [1.165, 1.54) is 0 Å². The zero-order valence-electron chi connectivity index (χ0n) is 15.1. The molecule has 1 saturated heterocycles. The molecule has 0 bridgehead atoms. The molecular formula is C19H20F3N3O2. The van der Waals surface area contributed by atoms with Gasteiger partial charge in [-0.1, -0.05) is 37.6 Å². The standard InChI is InChI=1S/C19H20F3N3O2/c1-18(2)10-25(14-5-3-4-13(14)18)16(26)12-8-6-11(7-9-12)15-23-17(27-24-15)19(20,21)22/h6-9,13-14H,3-5,10H2,1-2H3/t13-,14-/m0/s1. The fraction of sp³-hybridized carbons (Fsp3) is 0.526. The average molecular weight is 379 g/mol. The van der Waals surface area contributed by atoms with Crippen LogP contribution in [0.1, 0.15) is 49.4 Å². The van der Waals surface area contributed by atoms with E-state index >= 15 is 0 Å². The van der Waals surface area contributed by atoms with Crippen molar-refractivity contribution < 1.29 is 22.5 Å². The lowest BCUT2D eigenvalue weighted by Crippen LogP contribution is -2.36. The Morgan fingerprint density at radius 1 is 1.22 bits per heavy atom. The molecule has 27 heavy (non-hydrogen) atoms. The third-order valence-corrected chi connectivity index (χ3v) is 5.78. The van der Waals surface area contributed by atoms with Gasteiger partial charge in [-0.15, -0.1) is 0 Å². The van der Waals surface area contributed by atoms with E-state index in [-0.39, 0.29) is 23.2 Å². The van der Waals surface area contributed by atoms with Crippen molar-refractivity contribution >= 4 is 5.91 Å². The number of halogens is 3. The molecule has 1 aliphatic heterocycles. The topological polar surface area (TPSA) is 59.2 Å². The first-order chi connectivity index (χ1) is 12.7. The molecule has 1 amide bonds. The van der Waals surface area contributed by atoms with Crippen molar-refractivity contribution in [3.8, 4) is 11.4 Å². The van der Waals surface area contributed by atoms with Crippen LogP contribution < -0.4 is 0 Å². The minimum atomic E-state index is -4.68. The number of carbonyl (C=O) groups excluding carboxylic acids is 1. The van der Waals surface area contributed by atoms with Crippen LogP contribution >= 0.6 is 0 Å². The van der Waals surface area contributed by atoms with Crippen molar-refractivity contribution in [1.82, 2.24) is 15.0 Å². The molecule has 4 rings (SSSR count). The molecule has 1 aliphatic carbocycles. The lowest BCUT2D eigenvalue weighted by atomic mass is 9.80. The van der Waals surface area contributed by atoms with Crippen molar-refractivity contribution in [3.05, 3.63) is 35.7 Å². The minimum absolute atomic E-state index is 0.0342. The van der Waals surface area contributed by atoms with Gasteiger partial charge in [-0.05, 0) is 36.3 Å². The molecule has 2 fully saturated rings. The van der Waals surface area contributed by atoms with Crippen LogP contribution in [0.15, 0.2) is 28.8 Å². The van der Waals surface area contributed by atoms with Gasteiger partial charge in [0.15, 0.2) is 0 Å². The summed E-state index contributed by atoms with van der Waals surface area (Å²) >= 11 is 0. The molecule has 0 spiro atoms. The summed E-state index contributed by atoms with van der Waals surface area (Å²) in [6.45, 7) is 5.14. The summed E-state index contributed by atoms with van der Waals surface area (Å²) in [5, 5.41) is 3.37. The summed E-state index contributed by atoms with van der Waals surface area (Å²) < 4.78 is 42.0. The molecule has 1 saturated carbocycles. The first-order valence-corrected chi connectivity index (χ1v) is 8.99. The highest BCUT2D eigenvalue weighted by atomic mass is 19.4. The number of rotatable bonds is 2. The highest BCUT2D eigenvalue weighted by molar-refractivity contribution is 5.95. The molecule has 1 aromatic carbocycles. The van der Waals surface area contributed by atoms with Gasteiger partial charge in [0.2, 0.25) is 5.82 Å². The Labute approximate surface area is 154 Å². The predicted octanol–water partition coefficient (Wildman–Crippen LogP) is 4.41. The molecule has 2 aliphatic rings. The maximum absolute atomic E-state index is 13.0. The van der Waals surface area contributed by atoms with Crippen molar-refractivity contribution in [2.24, 2.45) is 11.3 Å². The Kier molecular flexibility index (Phi) is 4.05. The molecule has 5 nitrogen and oxygen atoms in total. The van der Waals surface area contributed by atoms with E-state index in [0.29, 0.717) is 17.0 Å². The van der Waals surface area contributed by atoms with E-state index in [1.807, 2.05) is 4.90 Å². The Morgan fingerprint density at radius 2 is 1.93 bits per heavy atom. The second-order valence-electron chi connectivity index (χ2n) is 8.02. The van der Waals surface area contributed by atoms with Crippen LogP contribution in [0.25, 0.3) is 11.4 Å². The number of alkyl halides is 3. The monoisotopic (exact) mass is 379 g/mol. The Hall–Kier alpha value is -2.38. The van der Waals surface area contributed by atoms with Crippen LogP contribution in [0.2, 0.25) is 0 Å². The van der Waals surface area contributed by atoms with Gasteiger partial charge in [-0.25, -0.2) is 0 Å². The van der Waals surface area contributed by atoms with Crippen LogP contribution in [0.5, 0.6) is 0 Å². The normalized spacial score (nSPS) is 24.3. The van der Waals surface area contributed by atoms with Gasteiger partial charge < -0.3 is 9.42 Å². The second kappa shape index (κ2) is 6.07. The van der Waals surface area contributed by atoms with Crippen LogP contribution in [0.3, 0.4) is 0 Å². The highest BCUT2D eigenvalue weighted by Crippen LogP contribution is 2.48. The van der Waals surface area contributed by atoms with Gasteiger partial charge in [0.05, 0.1) is 0 Å². The molecular weight excluding hydrogens is 359 g/mol. The number of nitrogens with zero attached hydrogens (tertiary/aromatic N) is 3. The molecule has 2 atom stereocenters. The molecule has 2 aromatic rings. The van der Waals surface area contributed by atoms with Gasteiger partial charge in [-0.2, -0.15) is 18.2 Å². The fourth-order valence-corrected chi connectivity index (χ4v) is 4.50. The van der Waals surface area contributed by atoms with Crippen LogP contribution in [0, 0.1) is 11.3 Å². The van der Waals surface area contributed by atoms with E-state index in [9.17, 15) is 18.0 Å². The first kappa shape index (κ1) is 18.0. The van der Waals surface area contributed by atoms with Gasteiger partial charge in [0.25, 0.3) is 5.91 Å². The van der Waals surface area contributed by atoms with Gasteiger partial charge >= 0.3 is 12.1 Å². The van der Waals surface area contributed by atoms with Gasteiger partial charge in [0, 0.05) is 23.7 Å². The van der Waals surface area contributed by atoms with Crippen LogP contribution in [0.4, 0.5) is 13.2 Å². The SMILES string of the molecule is CC1(C)CN(C(=O)c2ccc(-c3noc(C(F)(F)F)n3)cc2)[C@H]2CCC[C@@H]21. The number of hydrogen-bond donors (Lipinski definition) is 0. The summed E-state index contributed by atoms with van der Waals surface area (Å²) in [5.41, 5.74) is 0.989. The van der Waals surface area contributed by atoms with Gasteiger partial charge in [-0.3, -0.25) is 4.79 Å².